The number of carbonyl (C=O) groups is 3. The molecule has 1 fully saturated rings. The van der Waals surface area contributed by atoms with E-state index < -0.39 is 11.5 Å². The van der Waals surface area contributed by atoms with Crippen LogP contribution in [0.4, 0.5) is 0 Å². The summed E-state index contributed by atoms with van der Waals surface area (Å²) in [6.07, 6.45) is 3.44. The first-order valence-corrected chi connectivity index (χ1v) is 7.12. The summed E-state index contributed by atoms with van der Waals surface area (Å²) in [6.45, 7) is 3.98. The molecule has 0 aromatic carbocycles. The van der Waals surface area contributed by atoms with Crippen molar-refractivity contribution in [3.05, 3.63) is 0 Å². The molecule has 0 saturated heterocycles. The molecule has 0 radical (unpaired) electrons. The third kappa shape index (κ3) is 5.59. The summed E-state index contributed by atoms with van der Waals surface area (Å²) in [4.78, 5) is 34.0. The lowest BCUT2D eigenvalue weighted by Gasteiger charge is -2.41. The zero-order valence-corrected chi connectivity index (χ0v) is 12.2. The SMILES string of the molecule is CC(C)CCC(=O)NCC(=O)NC1(CC(=O)O)CCC1. The minimum absolute atomic E-state index is 0.0555. The number of rotatable bonds is 8. The van der Waals surface area contributed by atoms with Gasteiger partial charge in [-0.3, -0.25) is 14.4 Å². The Morgan fingerprint density at radius 3 is 2.30 bits per heavy atom. The van der Waals surface area contributed by atoms with Crippen LogP contribution in [-0.4, -0.2) is 35.0 Å². The zero-order valence-electron chi connectivity index (χ0n) is 12.2. The van der Waals surface area contributed by atoms with Crippen LogP contribution in [-0.2, 0) is 14.4 Å². The molecule has 6 heteroatoms. The van der Waals surface area contributed by atoms with Crippen molar-refractivity contribution >= 4 is 17.8 Å². The van der Waals surface area contributed by atoms with Gasteiger partial charge >= 0.3 is 5.97 Å². The number of hydrogen-bond donors (Lipinski definition) is 3. The van der Waals surface area contributed by atoms with Gasteiger partial charge in [0.25, 0.3) is 0 Å². The molecule has 0 atom stereocenters. The summed E-state index contributed by atoms with van der Waals surface area (Å²) < 4.78 is 0. The lowest BCUT2D eigenvalue weighted by molar-refractivity contribution is -0.140. The van der Waals surface area contributed by atoms with E-state index in [9.17, 15) is 14.4 Å². The average molecular weight is 284 g/mol. The minimum Gasteiger partial charge on any atom is -0.481 e. The lowest BCUT2D eigenvalue weighted by Crippen LogP contribution is -2.56. The van der Waals surface area contributed by atoms with Crippen molar-refractivity contribution in [2.24, 2.45) is 5.92 Å². The standard InChI is InChI=1S/C14H24N2O4/c1-10(2)4-5-11(17)15-9-12(18)16-14(6-3-7-14)8-13(19)20/h10H,3-9H2,1-2H3,(H,15,17)(H,16,18)(H,19,20). The maximum atomic E-state index is 11.8. The molecule has 0 bridgehead atoms. The lowest BCUT2D eigenvalue weighted by atomic mass is 9.74. The molecule has 0 aliphatic heterocycles. The van der Waals surface area contributed by atoms with Crippen LogP contribution in [0.1, 0.15) is 52.4 Å². The van der Waals surface area contributed by atoms with Crippen molar-refractivity contribution < 1.29 is 19.5 Å². The maximum Gasteiger partial charge on any atom is 0.305 e. The Morgan fingerprint density at radius 1 is 1.20 bits per heavy atom. The number of amides is 2. The largest absolute Gasteiger partial charge is 0.481 e. The number of aliphatic carboxylic acids is 1. The summed E-state index contributed by atoms with van der Waals surface area (Å²) in [6, 6.07) is 0. The Bertz CT molecular complexity index is 375. The van der Waals surface area contributed by atoms with Crippen molar-refractivity contribution in [3.63, 3.8) is 0 Å². The van der Waals surface area contributed by atoms with E-state index in [4.69, 9.17) is 5.11 Å². The molecule has 20 heavy (non-hydrogen) atoms. The Labute approximate surface area is 119 Å². The van der Waals surface area contributed by atoms with E-state index in [-0.39, 0.29) is 24.8 Å². The molecule has 1 rings (SSSR count). The second kappa shape index (κ2) is 7.26. The summed E-state index contributed by atoms with van der Waals surface area (Å²) in [5, 5.41) is 14.2. The molecule has 0 aromatic heterocycles. The molecule has 1 saturated carbocycles. The Hall–Kier alpha value is -1.59. The fourth-order valence-corrected chi connectivity index (χ4v) is 2.27. The topological polar surface area (TPSA) is 95.5 Å². The van der Waals surface area contributed by atoms with Gasteiger partial charge in [-0.2, -0.15) is 0 Å². The summed E-state index contributed by atoms with van der Waals surface area (Å²) >= 11 is 0. The van der Waals surface area contributed by atoms with Gasteiger partial charge in [-0.05, 0) is 31.6 Å². The van der Waals surface area contributed by atoms with E-state index in [2.05, 4.69) is 10.6 Å². The van der Waals surface area contributed by atoms with Crippen LogP contribution in [0.15, 0.2) is 0 Å². The highest BCUT2D eigenvalue weighted by Gasteiger charge is 2.40. The molecule has 3 N–H and O–H groups in total. The van der Waals surface area contributed by atoms with Crippen molar-refractivity contribution in [1.82, 2.24) is 10.6 Å². The monoisotopic (exact) mass is 284 g/mol. The first-order valence-electron chi connectivity index (χ1n) is 7.12. The first-order chi connectivity index (χ1) is 9.33. The molecule has 1 aliphatic carbocycles. The zero-order chi connectivity index (χ0) is 15.2. The second-order valence-electron chi connectivity index (χ2n) is 5.96. The Balaban J connectivity index is 2.29. The quantitative estimate of drug-likeness (QED) is 0.621. The molecule has 0 aromatic rings. The Morgan fingerprint density at radius 2 is 1.85 bits per heavy atom. The van der Waals surface area contributed by atoms with E-state index in [0.717, 1.165) is 12.8 Å². The Kier molecular flexibility index (Phi) is 5.98. The number of hydrogen-bond acceptors (Lipinski definition) is 3. The van der Waals surface area contributed by atoms with Gasteiger partial charge in [0.05, 0.1) is 18.5 Å². The predicted molar refractivity (Wildman–Crippen MR) is 74.1 cm³/mol. The molecule has 0 heterocycles. The van der Waals surface area contributed by atoms with Gasteiger partial charge in [0.1, 0.15) is 0 Å². The van der Waals surface area contributed by atoms with Crippen LogP contribution in [0.25, 0.3) is 0 Å². The van der Waals surface area contributed by atoms with Crippen molar-refractivity contribution in [2.75, 3.05) is 6.54 Å². The molecule has 2 amide bonds. The highest BCUT2D eigenvalue weighted by molar-refractivity contribution is 5.85. The van der Waals surface area contributed by atoms with Gasteiger partial charge in [-0.1, -0.05) is 13.8 Å². The number of carbonyl (C=O) groups excluding carboxylic acids is 2. The normalized spacial score (nSPS) is 16.4. The average Bonchev–Trinajstić information content (AvgIpc) is 2.30. The molecule has 0 spiro atoms. The van der Waals surface area contributed by atoms with Gasteiger partial charge in [0.15, 0.2) is 0 Å². The summed E-state index contributed by atoms with van der Waals surface area (Å²) in [7, 11) is 0. The highest BCUT2D eigenvalue weighted by Crippen LogP contribution is 2.34. The fraction of sp³-hybridized carbons (Fsp3) is 0.786. The molecule has 1 aliphatic rings. The highest BCUT2D eigenvalue weighted by atomic mass is 16.4. The van der Waals surface area contributed by atoms with Gasteiger partial charge in [0, 0.05) is 6.42 Å². The van der Waals surface area contributed by atoms with E-state index in [1.165, 1.54) is 0 Å². The van der Waals surface area contributed by atoms with Crippen molar-refractivity contribution in [1.29, 1.82) is 0 Å². The van der Waals surface area contributed by atoms with Crippen LogP contribution in [0.5, 0.6) is 0 Å². The molecule has 0 unspecified atom stereocenters. The van der Waals surface area contributed by atoms with Crippen molar-refractivity contribution in [2.45, 2.75) is 57.9 Å². The van der Waals surface area contributed by atoms with Crippen LogP contribution < -0.4 is 10.6 Å². The third-order valence-electron chi connectivity index (χ3n) is 3.60. The van der Waals surface area contributed by atoms with Crippen LogP contribution in [0.3, 0.4) is 0 Å². The molecule has 114 valence electrons. The smallest absolute Gasteiger partial charge is 0.305 e. The molecular weight excluding hydrogens is 260 g/mol. The first kappa shape index (κ1) is 16.5. The van der Waals surface area contributed by atoms with Gasteiger partial charge < -0.3 is 15.7 Å². The van der Waals surface area contributed by atoms with E-state index in [0.29, 0.717) is 25.2 Å². The second-order valence-corrected chi connectivity index (χ2v) is 5.96. The van der Waals surface area contributed by atoms with Crippen LogP contribution in [0, 0.1) is 5.92 Å². The number of carboxylic acid groups (broad SMARTS) is 1. The van der Waals surface area contributed by atoms with Gasteiger partial charge in [-0.15, -0.1) is 0 Å². The van der Waals surface area contributed by atoms with E-state index in [1.54, 1.807) is 0 Å². The van der Waals surface area contributed by atoms with Crippen molar-refractivity contribution in [3.8, 4) is 0 Å². The predicted octanol–water partition coefficient (Wildman–Crippen LogP) is 1.05. The molecular formula is C14H24N2O4. The van der Waals surface area contributed by atoms with E-state index in [1.807, 2.05) is 13.8 Å². The summed E-state index contributed by atoms with van der Waals surface area (Å²) in [5.41, 5.74) is -0.606. The number of carboxylic acids is 1. The van der Waals surface area contributed by atoms with Crippen LogP contribution in [0.2, 0.25) is 0 Å². The van der Waals surface area contributed by atoms with Crippen LogP contribution >= 0.6 is 0 Å². The maximum absolute atomic E-state index is 11.8. The van der Waals surface area contributed by atoms with Gasteiger partial charge in [0.2, 0.25) is 11.8 Å². The third-order valence-corrected chi connectivity index (χ3v) is 3.60. The van der Waals surface area contributed by atoms with Gasteiger partial charge in [-0.25, -0.2) is 0 Å². The fourth-order valence-electron chi connectivity index (χ4n) is 2.27. The minimum atomic E-state index is -0.911. The molecule has 6 nitrogen and oxygen atoms in total. The number of nitrogens with one attached hydrogen (secondary N) is 2. The summed E-state index contributed by atoms with van der Waals surface area (Å²) in [5.74, 6) is -0.923. The van der Waals surface area contributed by atoms with E-state index >= 15 is 0 Å².